The molecule has 6 nitrogen and oxygen atoms in total. The number of rotatable bonds is 9. The van der Waals surface area contributed by atoms with E-state index in [2.05, 4.69) is 13.8 Å². The van der Waals surface area contributed by atoms with Crippen molar-refractivity contribution in [1.82, 2.24) is 14.7 Å². The minimum absolute atomic E-state index is 0.163. The summed E-state index contributed by atoms with van der Waals surface area (Å²) >= 11 is 0. The number of aryl methyl sites for hydroxylation is 1. The van der Waals surface area contributed by atoms with E-state index in [4.69, 9.17) is 14.6 Å². The normalized spacial score (nSPS) is 13.3. The van der Waals surface area contributed by atoms with E-state index in [0.29, 0.717) is 30.6 Å². The lowest BCUT2D eigenvalue weighted by Crippen LogP contribution is -2.35. The molecule has 3 aromatic rings. The molecular weight excluding hydrogens is 402 g/mol. The number of carbonyl (C=O) groups excluding carboxylic acids is 1. The van der Waals surface area contributed by atoms with Crippen molar-refractivity contribution in [2.24, 2.45) is 18.9 Å². The fourth-order valence-corrected chi connectivity index (χ4v) is 3.86. The Hall–Kier alpha value is -3.28. The quantitative estimate of drug-likeness (QED) is 0.461. The number of aromatic nitrogens is 2. The largest absolute Gasteiger partial charge is 0.497 e. The lowest BCUT2D eigenvalue weighted by Gasteiger charge is -2.25. The molecule has 0 unspecified atom stereocenters. The van der Waals surface area contributed by atoms with E-state index in [1.54, 1.807) is 11.8 Å². The molecule has 0 radical (unpaired) electrons. The van der Waals surface area contributed by atoms with Gasteiger partial charge in [-0.3, -0.25) is 4.79 Å². The summed E-state index contributed by atoms with van der Waals surface area (Å²) in [6, 6.07) is 17.5. The molecular formula is C26H31N3O3. The standard InChI is InChI=1S/C26H31N3O3/c1-18(2)16-29(25(30)20-10-11-20)17-23-24(19-8-6-5-7-9-19)27-28(3)26(23)32-22-14-12-21(31-4)13-15-22/h5-9,12-15,18,20H,10-11,16-17H2,1-4H3. The molecule has 1 fully saturated rings. The molecule has 2 aromatic carbocycles. The number of nitrogens with zero attached hydrogens (tertiary/aromatic N) is 3. The van der Waals surface area contributed by atoms with Gasteiger partial charge in [0.15, 0.2) is 0 Å². The van der Waals surface area contributed by atoms with Gasteiger partial charge in [-0.05, 0) is 43.0 Å². The van der Waals surface area contributed by atoms with Gasteiger partial charge in [-0.15, -0.1) is 0 Å². The summed E-state index contributed by atoms with van der Waals surface area (Å²) in [5.41, 5.74) is 2.77. The third-order valence-corrected chi connectivity index (χ3v) is 5.58. The molecule has 1 amide bonds. The molecule has 0 bridgehead atoms. The second kappa shape index (κ2) is 9.47. The zero-order chi connectivity index (χ0) is 22.7. The van der Waals surface area contributed by atoms with Crippen LogP contribution >= 0.6 is 0 Å². The fraction of sp³-hybridized carbons (Fsp3) is 0.385. The first kappa shape index (κ1) is 21.9. The van der Waals surface area contributed by atoms with E-state index in [1.165, 1.54) is 0 Å². The van der Waals surface area contributed by atoms with Crippen molar-refractivity contribution < 1.29 is 14.3 Å². The summed E-state index contributed by atoms with van der Waals surface area (Å²) < 4.78 is 13.3. The Balaban J connectivity index is 1.73. The maximum absolute atomic E-state index is 13.1. The first-order valence-corrected chi connectivity index (χ1v) is 11.2. The van der Waals surface area contributed by atoms with Gasteiger partial charge in [0.1, 0.15) is 17.2 Å². The lowest BCUT2D eigenvalue weighted by atomic mass is 10.1. The summed E-state index contributed by atoms with van der Waals surface area (Å²) in [5.74, 6) is 2.88. The van der Waals surface area contributed by atoms with Gasteiger partial charge in [0, 0.05) is 25.1 Å². The van der Waals surface area contributed by atoms with Crippen LogP contribution in [0.4, 0.5) is 0 Å². The molecule has 1 aliphatic rings. The molecule has 0 aliphatic heterocycles. The van der Waals surface area contributed by atoms with Crippen LogP contribution in [-0.4, -0.2) is 34.2 Å². The smallest absolute Gasteiger partial charge is 0.225 e. The second-order valence-corrected chi connectivity index (χ2v) is 8.79. The average Bonchev–Trinajstić information content (AvgIpc) is 3.60. The van der Waals surface area contributed by atoms with Gasteiger partial charge in [-0.2, -0.15) is 5.10 Å². The van der Waals surface area contributed by atoms with Crippen LogP contribution in [0.3, 0.4) is 0 Å². The van der Waals surface area contributed by atoms with Crippen molar-refractivity contribution in [2.45, 2.75) is 33.2 Å². The third-order valence-electron chi connectivity index (χ3n) is 5.58. The predicted molar refractivity (Wildman–Crippen MR) is 125 cm³/mol. The maximum Gasteiger partial charge on any atom is 0.225 e. The molecule has 4 rings (SSSR count). The number of amides is 1. The van der Waals surface area contributed by atoms with Crippen LogP contribution in [0.5, 0.6) is 17.4 Å². The maximum atomic E-state index is 13.1. The van der Waals surface area contributed by atoms with E-state index in [1.807, 2.05) is 66.5 Å². The molecule has 32 heavy (non-hydrogen) atoms. The van der Waals surface area contributed by atoms with Crippen molar-refractivity contribution in [3.8, 4) is 28.6 Å². The van der Waals surface area contributed by atoms with Crippen molar-refractivity contribution in [3.05, 3.63) is 60.2 Å². The third kappa shape index (κ3) is 4.96. The highest BCUT2D eigenvalue weighted by atomic mass is 16.5. The minimum Gasteiger partial charge on any atom is -0.497 e. The highest BCUT2D eigenvalue weighted by Crippen LogP contribution is 2.37. The Morgan fingerprint density at radius 3 is 2.34 bits per heavy atom. The van der Waals surface area contributed by atoms with Crippen LogP contribution < -0.4 is 9.47 Å². The van der Waals surface area contributed by atoms with Crippen molar-refractivity contribution >= 4 is 5.91 Å². The highest BCUT2D eigenvalue weighted by Gasteiger charge is 2.35. The molecule has 6 heteroatoms. The molecule has 0 spiro atoms. The number of methoxy groups -OCH3 is 1. The predicted octanol–water partition coefficient (Wildman–Crippen LogP) is 5.28. The summed E-state index contributed by atoms with van der Waals surface area (Å²) in [6.45, 7) is 5.46. The Morgan fingerprint density at radius 1 is 1.09 bits per heavy atom. The summed E-state index contributed by atoms with van der Waals surface area (Å²) in [7, 11) is 3.52. The van der Waals surface area contributed by atoms with E-state index in [9.17, 15) is 4.79 Å². The molecule has 1 saturated carbocycles. The van der Waals surface area contributed by atoms with Crippen LogP contribution in [0, 0.1) is 11.8 Å². The number of hydrogen-bond acceptors (Lipinski definition) is 4. The van der Waals surface area contributed by atoms with Crippen molar-refractivity contribution in [1.29, 1.82) is 0 Å². The van der Waals surface area contributed by atoms with Gasteiger partial charge in [-0.25, -0.2) is 4.68 Å². The summed E-state index contributed by atoms with van der Waals surface area (Å²) in [6.07, 6.45) is 1.97. The van der Waals surface area contributed by atoms with Gasteiger partial charge < -0.3 is 14.4 Å². The molecule has 0 saturated heterocycles. The van der Waals surface area contributed by atoms with Gasteiger partial charge in [0.2, 0.25) is 11.8 Å². The van der Waals surface area contributed by atoms with Crippen LogP contribution in [0.15, 0.2) is 54.6 Å². The Kier molecular flexibility index (Phi) is 6.49. The number of ether oxygens (including phenoxy) is 2. The monoisotopic (exact) mass is 433 g/mol. The molecule has 1 aromatic heterocycles. The highest BCUT2D eigenvalue weighted by molar-refractivity contribution is 5.81. The molecule has 1 aliphatic carbocycles. The van der Waals surface area contributed by atoms with Gasteiger partial charge in [0.05, 0.1) is 19.2 Å². The number of hydrogen-bond donors (Lipinski definition) is 0. The summed E-state index contributed by atoms with van der Waals surface area (Å²) in [5, 5.41) is 4.79. The molecule has 0 N–H and O–H groups in total. The number of carbonyl (C=O) groups is 1. The van der Waals surface area contributed by atoms with Crippen LogP contribution in [0.2, 0.25) is 0 Å². The van der Waals surface area contributed by atoms with E-state index < -0.39 is 0 Å². The van der Waals surface area contributed by atoms with Gasteiger partial charge in [0.25, 0.3) is 0 Å². The van der Waals surface area contributed by atoms with Crippen LogP contribution in [0.25, 0.3) is 11.3 Å². The Morgan fingerprint density at radius 2 is 1.75 bits per heavy atom. The minimum atomic E-state index is 0.163. The zero-order valence-electron chi connectivity index (χ0n) is 19.2. The Bertz CT molecular complexity index is 1050. The lowest BCUT2D eigenvalue weighted by molar-refractivity contribution is -0.133. The summed E-state index contributed by atoms with van der Waals surface area (Å²) in [4.78, 5) is 15.1. The first-order valence-electron chi connectivity index (χ1n) is 11.2. The van der Waals surface area contributed by atoms with Gasteiger partial charge in [-0.1, -0.05) is 44.2 Å². The second-order valence-electron chi connectivity index (χ2n) is 8.79. The first-order chi connectivity index (χ1) is 15.5. The molecule has 168 valence electrons. The molecule has 0 atom stereocenters. The molecule has 1 heterocycles. The SMILES string of the molecule is COc1ccc(Oc2c(CN(CC(C)C)C(=O)C3CC3)c(-c3ccccc3)nn2C)cc1. The van der Waals surface area contributed by atoms with Gasteiger partial charge >= 0.3 is 0 Å². The topological polar surface area (TPSA) is 56.6 Å². The van der Waals surface area contributed by atoms with Crippen LogP contribution in [-0.2, 0) is 18.4 Å². The van der Waals surface area contributed by atoms with Crippen LogP contribution in [0.1, 0.15) is 32.3 Å². The number of benzene rings is 2. The van der Waals surface area contributed by atoms with E-state index in [-0.39, 0.29) is 11.8 Å². The zero-order valence-corrected chi connectivity index (χ0v) is 19.2. The van der Waals surface area contributed by atoms with E-state index >= 15 is 0 Å². The fourth-order valence-electron chi connectivity index (χ4n) is 3.86. The van der Waals surface area contributed by atoms with Crippen molar-refractivity contribution in [2.75, 3.05) is 13.7 Å². The van der Waals surface area contributed by atoms with E-state index in [0.717, 1.165) is 35.4 Å². The van der Waals surface area contributed by atoms with Crippen molar-refractivity contribution in [3.63, 3.8) is 0 Å². The Labute approximate surface area is 189 Å². The average molecular weight is 434 g/mol.